The SMILES string of the molecule is CC(C)N(C)CCNCc1ccccc1OCC#N. The van der Waals surface area contributed by atoms with Gasteiger partial charge in [-0.2, -0.15) is 5.26 Å². The molecule has 4 nitrogen and oxygen atoms in total. The van der Waals surface area contributed by atoms with Crippen LogP contribution in [0.25, 0.3) is 0 Å². The lowest BCUT2D eigenvalue weighted by Gasteiger charge is -2.21. The van der Waals surface area contributed by atoms with E-state index < -0.39 is 0 Å². The first-order valence-corrected chi connectivity index (χ1v) is 6.63. The van der Waals surface area contributed by atoms with Crippen LogP contribution in [-0.2, 0) is 6.54 Å². The molecule has 0 heterocycles. The summed E-state index contributed by atoms with van der Waals surface area (Å²) >= 11 is 0. The Morgan fingerprint density at radius 1 is 1.37 bits per heavy atom. The quantitative estimate of drug-likeness (QED) is 0.727. The molecule has 4 heteroatoms. The molecular weight excluding hydrogens is 238 g/mol. The van der Waals surface area contributed by atoms with Crippen LogP contribution >= 0.6 is 0 Å². The van der Waals surface area contributed by atoms with Crippen LogP contribution in [0.5, 0.6) is 5.75 Å². The molecule has 19 heavy (non-hydrogen) atoms. The van der Waals surface area contributed by atoms with Crippen LogP contribution in [0, 0.1) is 11.3 Å². The van der Waals surface area contributed by atoms with Gasteiger partial charge in [-0.1, -0.05) is 18.2 Å². The Morgan fingerprint density at radius 2 is 2.11 bits per heavy atom. The van der Waals surface area contributed by atoms with Crippen molar-refractivity contribution in [3.05, 3.63) is 29.8 Å². The predicted molar refractivity (Wildman–Crippen MR) is 77.0 cm³/mol. The highest BCUT2D eigenvalue weighted by Crippen LogP contribution is 2.17. The molecule has 0 radical (unpaired) electrons. The van der Waals surface area contributed by atoms with E-state index in [-0.39, 0.29) is 6.61 Å². The molecule has 1 rings (SSSR count). The summed E-state index contributed by atoms with van der Waals surface area (Å²) in [4.78, 5) is 2.30. The molecule has 104 valence electrons. The average molecular weight is 261 g/mol. The van der Waals surface area contributed by atoms with Crippen LogP contribution in [0.1, 0.15) is 19.4 Å². The van der Waals surface area contributed by atoms with Gasteiger partial charge in [0.25, 0.3) is 0 Å². The standard InChI is InChI=1S/C15H23N3O/c1-13(2)18(3)10-9-17-12-14-6-4-5-7-15(14)19-11-8-16/h4-7,13,17H,9-12H2,1-3H3. The molecule has 0 fully saturated rings. The zero-order valence-corrected chi connectivity index (χ0v) is 12.0. The van der Waals surface area contributed by atoms with E-state index >= 15 is 0 Å². The van der Waals surface area contributed by atoms with Crippen molar-refractivity contribution in [2.24, 2.45) is 0 Å². The fourth-order valence-electron chi connectivity index (χ4n) is 1.64. The van der Waals surface area contributed by atoms with E-state index in [9.17, 15) is 0 Å². The first kappa shape index (κ1) is 15.5. The Balaban J connectivity index is 2.38. The summed E-state index contributed by atoms with van der Waals surface area (Å²) in [5, 5.41) is 11.9. The lowest BCUT2D eigenvalue weighted by atomic mass is 10.2. The number of rotatable bonds is 8. The highest BCUT2D eigenvalue weighted by molar-refractivity contribution is 5.33. The number of hydrogen-bond donors (Lipinski definition) is 1. The Hall–Kier alpha value is -1.57. The lowest BCUT2D eigenvalue weighted by Crippen LogP contribution is -2.33. The minimum atomic E-state index is 0.0904. The van der Waals surface area contributed by atoms with E-state index in [0.717, 1.165) is 30.9 Å². The smallest absolute Gasteiger partial charge is 0.174 e. The Kier molecular flexibility index (Phi) is 6.94. The normalized spacial score (nSPS) is 10.7. The fraction of sp³-hybridized carbons (Fsp3) is 0.533. The van der Waals surface area contributed by atoms with Gasteiger partial charge in [0.05, 0.1) is 0 Å². The molecule has 0 atom stereocenters. The molecule has 0 aliphatic carbocycles. The van der Waals surface area contributed by atoms with Gasteiger partial charge < -0.3 is 15.0 Å². The van der Waals surface area contributed by atoms with E-state index in [1.807, 2.05) is 30.3 Å². The molecule has 1 aromatic rings. The maximum absolute atomic E-state index is 8.55. The van der Waals surface area contributed by atoms with Crippen molar-refractivity contribution in [3.63, 3.8) is 0 Å². The fourth-order valence-corrected chi connectivity index (χ4v) is 1.64. The zero-order valence-electron chi connectivity index (χ0n) is 12.0. The summed E-state index contributed by atoms with van der Waals surface area (Å²) in [7, 11) is 2.12. The summed E-state index contributed by atoms with van der Waals surface area (Å²) in [5.74, 6) is 0.786. The highest BCUT2D eigenvalue weighted by Gasteiger charge is 2.04. The Bertz CT molecular complexity index is 412. The maximum atomic E-state index is 8.55. The molecule has 0 unspecified atom stereocenters. The summed E-state index contributed by atoms with van der Waals surface area (Å²) in [5.41, 5.74) is 1.09. The number of likely N-dealkylation sites (N-methyl/N-ethyl adjacent to an activating group) is 1. The number of hydrogen-bond acceptors (Lipinski definition) is 4. The minimum Gasteiger partial charge on any atom is -0.478 e. The molecule has 1 N–H and O–H groups in total. The zero-order chi connectivity index (χ0) is 14.1. The van der Waals surface area contributed by atoms with Crippen molar-refractivity contribution < 1.29 is 4.74 Å². The van der Waals surface area contributed by atoms with Crippen LogP contribution in [0.15, 0.2) is 24.3 Å². The second kappa shape index (κ2) is 8.52. The van der Waals surface area contributed by atoms with Gasteiger partial charge in [-0.3, -0.25) is 0 Å². The van der Waals surface area contributed by atoms with Crippen LogP contribution in [-0.4, -0.2) is 37.7 Å². The van der Waals surface area contributed by atoms with Crippen LogP contribution < -0.4 is 10.1 Å². The maximum Gasteiger partial charge on any atom is 0.174 e. The topological polar surface area (TPSA) is 48.3 Å². The van der Waals surface area contributed by atoms with E-state index in [1.54, 1.807) is 0 Å². The predicted octanol–water partition coefficient (Wildman–Crippen LogP) is 2.02. The first-order chi connectivity index (χ1) is 9.15. The largest absolute Gasteiger partial charge is 0.478 e. The average Bonchev–Trinajstić information content (AvgIpc) is 2.42. The second-order valence-corrected chi connectivity index (χ2v) is 4.81. The van der Waals surface area contributed by atoms with Gasteiger partial charge in [0, 0.05) is 31.2 Å². The van der Waals surface area contributed by atoms with E-state index in [2.05, 4.69) is 31.1 Å². The number of nitrogens with one attached hydrogen (secondary N) is 1. The third-order valence-corrected chi connectivity index (χ3v) is 3.10. The van der Waals surface area contributed by atoms with Crippen molar-refractivity contribution in [1.82, 2.24) is 10.2 Å². The number of para-hydroxylation sites is 1. The van der Waals surface area contributed by atoms with Gasteiger partial charge in [0.1, 0.15) is 11.8 Å². The molecule has 0 saturated carbocycles. The molecule has 1 aromatic carbocycles. The molecule has 0 bridgehead atoms. The molecule has 0 aromatic heterocycles. The minimum absolute atomic E-state index is 0.0904. The van der Waals surface area contributed by atoms with E-state index in [4.69, 9.17) is 10.00 Å². The third-order valence-electron chi connectivity index (χ3n) is 3.10. The Morgan fingerprint density at radius 3 is 2.79 bits per heavy atom. The van der Waals surface area contributed by atoms with Crippen molar-refractivity contribution in [2.45, 2.75) is 26.4 Å². The first-order valence-electron chi connectivity index (χ1n) is 6.63. The number of benzene rings is 1. The summed E-state index contributed by atoms with van der Waals surface area (Å²) in [6, 6.07) is 10.4. The van der Waals surface area contributed by atoms with Crippen molar-refractivity contribution in [1.29, 1.82) is 5.26 Å². The third kappa shape index (κ3) is 5.73. The number of nitrogens with zero attached hydrogens (tertiary/aromatic N) is 2. The van der Waals surface area contributed by atoms with Crippen molar-refractivity contribution in [3.8, 4) is 11.8 Å². The number of ether oxygens (including phenoxy) is 1. The second-order valence-electron chi connectivity index (χ2n) is 4.81. The molecule has 0 saturated heterocycles. The van der Waals surface area contributed by atoms with E-state index in [0.29, 0.717) is 6.04 Å². The molecule has 0 spiro atoms. The molecule has 0 aliphatic rings. The lowest BCUT2D eigenvalue weighted by molar-refractivity contribution is 0.273. The van der Waals surface area contributed by atoms with Gasteiger partial charge in [-0.25, -0.2) is 0 Å². The van der Waals surface area contributed by atoms with Crippen molar-refractivity contribution >= 4 is 0 Å². The van der Waals surface area contributed by atoms with Gasteiger partial charge in [0.2, 0.25) is 0 Å². The summed E-state index contributed by atoms with van der Waals surface area (Å²) in [6.07, 6.45) is 0. The summed E-state index contributed by atoms with van der Waals surface area (Å²) in [6.45, 7) is 7.16. The molecule has 0 amide bonds. The van der Waals surface area contributed by atoms with Crippen LogP contribution in [0.3, 0.4) is 0 Å². The summed E-state index contributed by atoms with van der Waals surface area (Å²) < 4.78 is 5.39. The monoisotopic (exact) mass is 261 g/mol. The Labute approximate surface area is 116 Å². The molecule has 0 aliphatic heterocycles. The van der Waals surface area contributed by atoms with Gasteiger partial charge in [-0.15, -0.1) is 0 Å². The van der Waals surface area contributed by atoms with E-state index in [1.165, 1.54) is 0 Å². The van der Waals surface area contributed by atoms with Crippen molar-refractivity contribution in [2.75, 3.05) is 26.7 Å². The van der Waals surface area contributed by atoms with Gasteiger partial charge in [-0.05, 0) is 27.0 Å². The number of nitriles is 1. The highest BCUT2D eigenvalue weighted by atomic mass is 16.5. The van der Waals surface area contributed by atoms with Gasteiger partial charge >= 0.3 is 0 Å². The van der Waals surface area contributed by atoms with Crippen LogP contribution in [0.2, 0.25) is 0 Å². The van der Waals surface area contributed by atoms with Crippen LogP contribution in [0.4, 0.5) is 0 Å². The van der Waals surface area contributed by atoms with Gasteiger partial charge in [0.15, 0.2) is 6.61 Å². The molecular formula is C15H23N3O.